The van der Waals surface area contributed by atoms with E-state index >= 15 is 0 Å². The SMILES string of the molecule is CC.CCOC1CCCNCC1. The lowest BCUT2D eigenvalue weighted by Crippen LogP contribution is -2.17. The standard InChI is InChI=1S/C8H17NO.C2H6/c1-2-10-8-4-3-6-9-7-5-8;1-2/h8-9H,2-7H2,1H3;1-2H3. The molecule has 1 aliphatic heterocycles. The molecule has 0 aromatic carbocycles. The summed E-state index contributed by atoms with van der Waals surface area (Å²) in [6.07, 6.45) is 4.22. The van der Waals surface area contributed by atoms with E-state index in [4.69, 9.17) is 4.74 Å². The lowest BCUT2D eigenvalue weighted by Gasteiger charge is -2.12. The third-order valence-corrected chi connectivity index (χ3v) is 1.93. The van der Waals surface area contributed by atoms with E-state index in [1.54, 1.807) is 0 Å². The quantitative estimate of drug-likeness (QED) is 0.691. The smallest absolute Gasteiger partial charge is 0.0587 e. The Balaban J connectivity index is 0.000000561. The molecule has 1 saturated heterocycles. The van der Waals surface area contributed by atoms with Crippen LogP contribution in [0.4, 0.5) is 0 Å². The first kappa shape index (κ1) is 11.9. The summed E-state index contributed by atoms with van der Waals surface area (Å²) in [5.41, 5.74) is 0. The van der Waals surface area contributed by atoms with E-state index in [0.717, 1.165) is 13.2 Å². The second kappa shape index (κ2) is 9.01. The van der Waals surface area contributed by atoms with Crippen molar-refractivity contribution in [3.05, 3.63) is 0 Å². The number of nitrogens with one attached hydrogen (secondary N) is 1. The van der Waals surface area contributed by atoms with Crippen molar-refractivity contribution in [3.63, 3.8) is 0 Å². The monoisotopic (exact) mass is 173 g/mol. The third-order valence-electron chi connectivity index (χ3n) is 1.93. The third kappa shape index (κ3) is 5.56. The Bertz CT molecular complexity index is 77.9. The largest absolute Gasteiger partial charge is 0.378 e. The molecule has 1 unspecified atom stereocenters. The van der Waals surface area contributed by atoms with E-state index in [9.17, 15) is 0 Å². The highest BCUT2D eigenvalue weighted by Crippen LogP contribution is 2.08. The molecule has 1 rings (SSSR count). The maximum absolute atomic E-state index is 5.52. The van der Waals surface area contributed by atoms with Gasteiger partial charge in [0, 0.05) is 6.61 Å². The molecular weight excluding hydrogens is 150 g/mol. The van der Waals surface area contributed by atoms with Crippen molar-refractivity contribution in [2.45, 2.75) is 46.1 Å². The predicted octanol–water partition coefficient (Wildman–Crippen LogP) is 2.19. The summed E-state index contributed by atoms with van der Waals surface area (Å²) in [5, 5.41) is 3.36. The fourth-order valence-corrected chi connectivity index (χ4v) is 1.39. The fraction of sp³-hybridized carbons (Fsp3) is 1.00. The van der Waals surface area contributed by atoms with Crippen LogP contribution in [-0.4, -0.2) is 25.8 Å². The van der Waals surface area contributed by atoms with Crippen LogP contribution in [0.15, 0.2) is 0 Å². The van der Waals surface area contributed by atoms with E-state index in [2.05, 4.69) is 12.2 Å². The zero-order chi connectivity index (χ0) is 9.23. The van der Waals surface area contributed by atoms with Crippen molar-refractivity contribution in [2.75, 3.05) is 19.7 Å². The van der Waals surface area contributed by atoms with Crippen LogP contribution in [0, 0.1) is 0 Å². The summed E-state index contributed by atoms with van der Waals surface area (Å²) in [5.74, 6) is 0. The van der Waals surface area contributed by atoms with Crippen LogP contribution in [0.25, 0.3) is 0 Å². The van der Waals surface area contributed by atoms with Crippen molar-refractivity contribution < 1.29 is 4.74 Å². The fourth-order valence-electron chi connectivity index (χ4n) is 1.39. The van der Waals surface area contributed by atoms with E-state index in [-0.39, 0.29) is 0 Å². The van der Waals surface area contributed by atoms with Crippen molar-refractivity contribution >= 4 is 0 Å². The average molecular weight is 173 g/mol. The zero-order valence-electron chi connectivity index (χ0n) is 8.73. The van der Waals surface area contributed by atoms with Crippen LogP contribution < -0.4 is 5.32 Å². The first-order valence-electron chi connectivity index (χ1n) is 5.26. The molecule has 1 heterocycles. The molecular formula is C10H23NO. The number of ether oxygens (including phenoxy) is 1. The summed E-state index contributed by atoms with van der Waals surface area (Å²) >= 11 is 0. The Morgan fingerprint density at radius 3 is 2.67 bits per heavy atom. The zero-order valence-corrected chi connectivity index (χ0v) is 8.73. The van der Waals surface area contributed by atoms with Gasteiger partial charge in [0.15, 0.2) is 0 Å². The number of rotatable bonds is 2. The minimum Gasteiger partial charge on any atom is -0.378 e. The molecule has 1 atom stereocenters. The number of hydrogen-bond acceptors (Lipinski definition) is 2. The van der Waals surface area contributed by atoms with Gasteiger partial charge in [-0.05, 0) is 39.3 Å². The molecule has 0 aromatic rings. The van der Waals surface area contributed by atoms with Gasteiger partial charge in [0.2, 0.25) is 0 Å². The number of hydrogen-bond donors (Lipinski definition) is 1. The molecule has 12 heavy (non-hydrogen) atoms. The van der Waals surface area contributed by atoms with Crippen molar-refractivity contribution in [1.29, 1.82) is 0 Å². The summed E-state index contributed by atoms with van der Waals surface area (Å²) in [6.45, 7) is 9.23. The van der Waals surface area contributed by atoms with Gasteiger partial charge in [-0.1, -0.05) is 13.8 Å². The normalized spacial score (nSPS) is 23.8. The van der Waals surface area contributed by atoms with Gasteiger partial charge >= 0.3 is 0 Å². The highest BCUT2D eigenvalue weighted by Gasteiger charge is 2.10. The molecule has 2 nitrogen and oxygen atoms in total. The minimum absolute atomic E-state index is 0.528. The van der Waals surface area contributed by atoms with E-state index in [1.165, 1.54) is 25.8 Å². The Kier molecular flexibility index (Phi) is 8.95. The van der Waals surface area contributed by atoms with Gasteiger partial charge in [-0.3, -0.25) is 0 Å². The van der Waals surface area contributed by atoms with E-state index in [0.29, 0.717) is 6.10 Å². The summed E-state index contributed by atoms with van der Waals surface area (Å²) in [6, 6.07) is 0. The minimum atomic E-state index is 0.528. The molecule has 0 amide bonds. The first-order chi connectivity index (χ1) is 5.93. The van der Waals surface area contributed by atoms with E-state index < -0.39 is 0 Å². The Morgan fingerprint density at radius 1 is 1.25 bits per heavy atom. The molecule has 0 saturated carbocycles. The van der Waals surface area contributed by atoms with Crippen molar-refractivity contribution in [2.24, 2.45) is 0 Å². The van der Waals surface area contributed by atoms with Gasteiger partial charge < -0.3 is 10.1 Å². The molecule has 0 radical (unpaired) electrons. The van der Waals surface area contributed by atoms with Crippen LogP contribution >= 0.6 is 0 Å². The predicted molar refractivity (Wildman–Crippen MR) is 53.5 cm³/mol. The van der Waals surface area contributed by atoms with Crippen molar-refractivity contribution in [1.82, 2.24) is 5.32 Å². The van der Waals surface area contributed by atoms with Crippen LogP contribution in [0.2, 0.25) is 0 Å². The van der Waals surface area contributed by atoms with Gasteiger partial charge in [-0.2, -0.15) is 0 Å². The summed E-state index contributed by atoms with van der Waals surface area (Å²) in [4.78, 5) is 0. The maximum Gasteiger partial charge on any atom is 0.0587 e. The highest BCUT2D eigenvalue weighted by atomic mass is 16.5. The van der Waals surface area contributed by atoms with Gasteiger partial charge in [-0.25, -0.2) is 0 Å². The van der Waals surface area contributed by atoms with Gasteiger partial charge in [0.1, 0.15) is 0 Å². The molecule has 1 aliphatic rings. The maximum atomic E-state index is 5.52. The molecule has 0 aromatic heterocycles. The lowest BCUT2D eigenvalue weighted by molar-refractivity contribution is 0.0548. The molecule has 0 bridgehead atoms. The molecule has 2 heteroatoms. The second-order valence-electron chi connectivity index (χ2n) is 2.76. The average Bonchev–Trinajstić information content (AvgIpc) is 2.37. The summed E-state index contributed by atoms with van der Waals surface area (Å²) in [7, 11) is 0. The van der Waals surface area contributed by atoms with Crippen LogP contribution in [0.5, 0.6) is 0 Å². The van der Waals surface area contributed by atoms with Gasteiger partial charge in [0.05, 0.1) is 6.10 Å². The first-order valence-corrected chi connectivity index (χ1v) is 5.26. The molecule has 0 aliphatic carbocycles. The van der Waals surface area contributed by atoms with Crippen LogP contribution in [0.1, 0.15) is 40.0 Å². The Labute approximate surface area is 76.7 Å². The van der Waals surface area contributed by atoms with Crippen LogP contribution in [-0.2, 0) is 4.74 Å². The second-order valence-corrected chi connectivity index (χ2v) is 2.76. The Hall–Kier alpha value is -0.0800. The molecule has 0 spiro atoms. The van der Waals surface area contributed by atoms with Crippen molar-refractivity contribution in [3.8, 4) is 0 Å². The van der Waals surface area contributed by atoms with Gasteiger partial charge in [0.25, 0.3) is 0 Å². The lowest BCUT2D eigenvalue weighted by atomic mass is 10.2. The molecule has 1 fully saturated rings. The topological polar surface area (TPSA) is 21.3 Å². The van der Waals surface area contributed by atoms with E-state index in [1.807, 2.05) is 13.8 Å². The summed E-state index contributed by atoms with van der Waals surface area (Å²) < 4.78 is 5.52. The Morgan fingerprint density at radius 2 is 2.00 bits per heavy atom. The highest BCUT2D eigenvalue weighted by molar-refractivity contribution is 4.65. The van der Waals surface area contributed by atoms with Gasteiger partial charge in [-0.15, -0.1) is 0 Å². The van der Waals surface area contributed by atoms with Crippen LogP contribution in [0.3, 0.4) is 0 Å². The molecule has 1 N–H and O–H groups in total. The molecule has 74 valence electrons.